The van der Waals surface area contributed by atoms with Crippen molar-refractivity contribution in [1.29, 1.82) is 0 Å². The molecule has 0 saturated carbocycles. The fraction of sp³-hybridized carbons (Fsp3) is 0.278. The number of hydrogen-bond donors (Lipinski definition) is 1. The first-order chi connectivity index (χ1) is 11.4. The lowest BCUT2D eigenvalue weighted by atomic mass is 10.0. The number of ether oxygens (including phenoxy) is 1. The van der Waals surface area contributed by atoms with Crippen LogP contribution in [0.15, 0.2) is 36.4 Å². The number of esters is 1. The van der Waals surface area contributed by atoms with Crippen LogP contribution >= 0.6 is 11.3 Å². The number of anilines is 1. The van der Waals surface area contributed by atoms with E-state index in [2.05, 4.69) is 5.32 Å². The summed E-state index contributed by atoms with van der Waals surface area (Å²) < 4.78 is 5.00. The molecule has 0 spiro atoms. The molecule has 24 heavy (non-hydrogen) atoms. The number of carbonyl (C=O) groups excluding carboxylic acids is 3. The van der Waals surface area contributed by atoms with Crippen molar-refractivity contribution in [3.8, 4) is 0 Å². The van der Waals surface area contributed by atoms with E-state index < -0.39 is 11.9 Å². The van der Waals surface area contributed by atoms with Crippen LogP contribution in [-0.2, 0) is 9.53 Å². The monoisotopic (exact) mass is 345 g/mol. The van der Waals surface area contributed by atoms with Gasteiger partial charge in [0.15, 0.2) is 12.4 Å². The number of rotatable bonds is 6. The fourth-order valence-corrected chi connectivity index (χ4v) is 2.93. The molecule has 0 aliphatic heterocycles. The van der Waals surface area contributed by atoms with Gasteiger partial charge < -0.3 is 10.1 Å². The largest absolute Gasteiger partial charge is 0.451 e. The van der Waals surface area contributed by atoms with Crippen LogP contribution in [-0.4, -0.2) is 24.3 Å². The van der Waals surface area contributed by atoms with E-state index in [1.54, 1.807) is 6.07 Å². The van der Waals surface area contributed by atoms with Gasteiger partial charge in [-0.1, -0.05) is 32.0 Å². The number of hydrogen-bond acceptors (Lipinski definition) is 5. The second-order valence-electron chi connectivity index (χ2n) is 5.59. The van der Waals surface area contributed by atoms with Crippen LogP contribution in [0.25, 0.3) is 0 Å². The Morgan fingerprint density at radius 3 is 2.38 bits per heavy atom. The molecule has 0 saturated heterocycles. The first-order valence-corrected chi connectivity index (χ1v) is 8.36. The van der Waals surface area contributed by atoms with Gasteiger partial charge in [0.05, 0.1) is 4.88 Å². The Kier molecular flexibility index (Phi) is 5.87. The molecule has 5 nitrogen and oxygen atoms in total. The van der Waals surface area contributed by atoms with E-state index in [1.165, 1.54) is 13.0 Å². The molecule has 0 atom stereocenters. The third-order valence-corrected chi connectivity index (χ3v) is 4.51. The molecule has 2 rings (SSSR count). The predicted octanol–water partition coefficient (Wildman–Crippen LogP) is 3.87. The minimum atomic E-state index is -0.611. The lowest BCUT2D eigenvalue weighted by molar-refractivity contribution is -0.119. The molecule has 1 aromatic carbocycles. The summed E-state index contributed by atoms with van der Waals surface area (Å²) in [5.74, 6) is -0.859. The second kappa shape index (κ2) is 7.88. The van der Waals surface area contributed by atoms with Gasteiger partial charge in [0, 0.05) is 5.69 Å². The summed E-state index contributed by atoms with van der Waals surface area (Å²) in [6.07, 6.45) is 0. The maximum atomic E-state index is 12.0. The van der Waals surface area contributed by atoms with Crippen molar-refractivity contribution in [2.45, 2.75) is 26.7 Å². The molecular weight excluding hydrogens is 326 g/mol. The minimum Gasteiger partial charge on any atom is -0.451 e. The Hall–Kier alpha value is -2.47. The second-order valence-corrected chi connectivity index (χ2v) is 6.67. The van der Waals surface area contributed by atoms with Crippen molar-refractivity contribution in [3.05, 3.63) is 51.7 Å². The van der Waals surface area contributed by atoms with E-state index in [0.717, 1.165) is 16.9 Å². The molecular formula is C18H19NO4S. The van der Waals surface area contributed by atoms with Crippen LogP contribution in [0.2, 0.25) is 0 Å². The number of amides is 1. The molecule has 0 radical (unpaired) electrons. The smallest absolute Gasteiger partial charge is 0.348 e. The van der Waals surface area contributed by atoms with Gasteiger partial charge in [-0.3, -0.25) is 9.59 Å². The number of benzene rings is 1. The molecule has 0 aliphatic rings. The van der Waals surface area contributed by atoms with E-state index in [-0.39, 0.29) is 18.3 Å². The number of thiophene rings is 1. The SMILES string of the molecule is CC(=O)c1ccc(C(=O)OCC(=O)Nc2ccccc2C(C)C)s1. The summed E-state index contributed by atoms with van der Waals surface area (Å²) in [6, 6.07) is 10.6. The molecule has 1 amide bonds. The van der Waals surface area contributed by atoms with Crippen LogP contribution in [0.3, 0.4) is 0 Å². The van der Waals surface area contributed by atoms with Crippen LogP contribution in [0.5, 0.6) is 0 Å². The van der Waals surface area contributed by atoms with Gasteiger partial charge in [0.25, 0.3) is 5.91 Å². The number of carbonyl (C=O) groups is 3. The van der Waals surface area contributed by atoms with Crippen LogP contribution in [0.1, 0.15) is 51.6 Å². The summed E-state index contributed by atoms with van der Waals surface area (Å²) in [7, 11) is 0. The highest BCUT2D eigenvalue weighted by Crippen LogP contribution is 2.23. The molecule has 6 heteroatoms. The van der Waals surface area contributed by atoms with Crippen molar-refractivity contribution < 1.29 is 19.1 Å². The van der Waals surface area contributed by atoms with Crippen LogP contribution in [0.4, 0.5) is 5.69 Å². The Morgan fingerprint density at radius 1 is 1.08 bits per heavy atom. The highest BCUT2D eigenvalue weighted by molar-refractivity contribution is 7.15. The van der Waals surface area contributed by atoms with Gasteiger partial charge in [0.2, 0.25) is 0 Å². The predicted molar refractivity (Wildman–Crippen MR) is 93.8 cm³/mol. The Morgan fingerprint density at radius 2 is 1.75 bits per heavy atom. The standard InChI is InChI=1S/C18H19NO4S/c1-11(2)13-6-4-5-7-14(13)19-17(21)10-23-18(22)16-9-8-15(24-16)12(3)20/h4-9,11H,10H2,1-3H3,(H,19,21). The first-order valence-electron chi connectivity index (χ1n) is 7.55. The molecule has 1 aromatic heterocycles. The highest BCUT2D eigenvalue weighted by Gasteiger charge is 2.15. The summed E-state index contributed by atoms with van der Waals surface area (Å²) in [5.41, 5.74) is 1.73. The number of para-hydroxylation sites is 1. The van der Waals surface area contributed by atoms with Crippen LogP contribution in [0, 0.1) is 0 Å². The Bertz CT molecular complexity index is 764. The molecule has 1 heterocycles. The molecule has 0 unspecified atom stereocenters. The van der Waals surface area contributed by atoms with E-state index in [9.17, 15) is 14.4 Å². The van der Waals surface area contributed by atoms with Crippen LogP contribution < -0.4 is 5.32 Å². The van der Waals surface area contributed by atoms with E-state index in [1.807, 2.05) is 38.1 Å². The quantitative estimate of drug-likeness (QED) is 0.637. The third kappa shape index (κ3) is 4.52. The molecule has 0 bridgehead atoms. The van der Waals surface area contributed by atoms with Crippen molar-refractivity contribution in [3.63, 3.8) is 0 Å². The summed E-state index contributed by atoms with van der Waals surface area (Å²) in [4.78, 5) is 35.9. The average molecular weight is 345 g/mol. The summed E-state index contributed by atoms with van der Waals surface area (Å²) in [5, 5.41) is 2.76. The van der Waals surface area contributed by atoms with Gasteiger partial charge in [0.1, 0.15) is 4.88 Å². The van der Waals surface area contributed by atoms with Crippen molar-refractivity contribution >= 4 is 34.7 Å². The molecule has 126 valence electrons. The summed E-state index contributed by atoms with van der Waals surface area (Å²) in [6.45, 7) is 5.13. The number of nitrogens with one attached hydrogen (secondary N) is 1. The Balaban J connectivity index is 1.93. The zero-order valence-corrected chi connectivity index (χ0v) is 14.6. The van der Waals surface area contributed by atoms with Gasteiger partial charge in [-0.2, -0.15) is 0 Å². The van der Waals surface area contributed by atoms with Crippen molar-refractivity contribution in [2.75, 3.05) is 11.9 Å². The van der Waals surface area contributed by atoms with Gasteiger partial charge >= 0.3 is 5.97 Å². The number of Topliss-reactive ketones (excluding diaryl/α,β-unsaturated/α-hetero) is 1. The normalized spacial score (nSPS) is 10.5. The minimum absolute atomic E-state index is 0.109. The topological polar surface area (TPSA) is 72.5 Å². The molecule has 1 N–H and O–H groups in total. The maximum absolute atomic E-state index is 12.0. The average Bonchev–Trinajstić information content (AvgIpc) is 3.03. The fourth-order valence-electron chi connectivity index (χ4n) is 2.14. The molecule has 0 fully saturated rings. The van der Waals surface area contributed by atoms with E-state index >= 15 is 0 Å². The van der Waals surface area contributed by atoms with Gasteiger partial charge in [-0.15, -0.1) is 11.3 Å². The van der Waals surface area contributed by atoms with E-state index in [4.69, 9.17) is 4.74 Å². The van der Waals surface area contributed by atoms with Gasteiger partial charge in [-0.25, -0.2) is 4.79 Å². The maximum Gasteiger partial charge on any atom is 0.348 e. The summed E-state index contributed by atoms with van der Waals surface area (Å²) >= 11 is 1.06. The molecule has 2 aromatic rings. The third-order valence-electron chi connectivity index (χ3n) is 3.35. The number of ketones is 1. The van der Waals surface area contributed by atoms with Crippen molar-refractivity contribution in [1.82, 2.24) is 0 Å². The zero-order valence-electron chi connectivity index (χ0n) is 13.8. The lowest BCUT2D eigenvalue weighted by Crippen LogP contribution is -2.21. The lowest BCUT2D eigenvalue weighted by Gasteiger charge is -2.13. The highest BCUT2D eigenvalue weighted by atomic mass is 32.1. The molecule has 0 aliphatic carbocycles. The first kappa shape index (κ1) is 17.9. The Labute approximate surface area is 144 Å². The van der Waals surface area contributed by atoms with E-state index in [0.29, 0.717) is 15.4 Å². The zero-order chi connectivity index (χ0) is 17.7. The van der Waals surface area contributed by atoms with Gasteiger partial charge in [-0.05, 0) is 36.6 Å². The van der Waals surface area contributed by atoms with Crippen molar-refractivity contribution in [2.24, 2.45) is 0 Å².